The van der Waals surface area contributed by atoms with Crippen LogP contribution < -0.4 is 15.8 Å². The molecular formula is C15H25ClN2O2. The molecule has 0 bridgehead atoms. The Labute approximate surface area is 127 Å². The zero-order chi connectivity index (χ0) is 14.5. The molecule has 0 spiro atoms. The Morgan fingerprint density at radius 1 is 1.30 bits per heavy atom. The molecule has 0 saturated heterocycles. The number of halogens is 1. The topological polar surface area (TPSA) is 64.3 Å². The van der Waals surface area contributed by atoms with Gasteiger partial charge in [-0.3, -0.25) is 4.79 Å². The van der Waals surface area contributed by atoms with Gasteiger partial charge in [-0.25, -0.2) is 0 Å². The number of carbonyl (C=O) groups is 1. The lowest BCUT2D eigenvalue weighted by Crippen LogP contribution is -2.50. The van der Waals surface area contributed by atoms with Gasteiger partial charge in [0.2, 0.25) is 0 Å². The Morgan fingerprint density at radius 3 is 2.30 bits per heavy atom. The van der Waals surface area contributed by atoms with Crippen LogP contribution in [0.4, 0.5) is 0 Å². The SMILES string of the molecule is CC(C)c1ccc(OCC(=O)NC(C)(C)CN)cc1.Cl. The van der Waals surface area contributed by atoms with Crippen molar-refractivity contribution in [1.82, 2.24) is 5.32 Å². The maximum atomic E-state index is 11.7. The third kappa shape index (κ3) is 6.26. The molecule has 0 aliphatic heterocycles. The second-order valence-electron chi connectivity index (χ2n) is 5.65. The second kappa shape index (κ2) is 8.12. The summed E-state index contributed by atoms with van der Waals surface area (Å²) in [5.41, 5.74) is 6.40. The van der Waals surface area contributed by atoms with E-state index in [4.69, 9.17) is 10.5 Å². The zero-order valence-electron chi connectivity index (χ0n) is 12.6. The third-order valence-electron chi connectivity index (χ3n) is 2.90. The van der Waals surface area contributed by atoms with Crippen LogP contribution in [0.3, 0.4) is 0 Å². The number of ether oxygens (including phenoxy) is 1. The summed E-state index contributed by atoms with van der Waals surface area (Å²) in [5, 5.41) is 2.82. The van der Waals surface area contributed by atoms with E-state index >= 15 is 0 Å². The number of benzene rings is 1. The summed E-state index contributed by atoms with van der Waals surface area (Å²) in [4.78, 5) is 11.7. The van der Waals surface area contributed by atoms with Crippen molar-refractivity contribution in [2.24, 2.45) is 5.73 Å². The van der Waals surface area contributed by atoms with E-state index in [1.54, 1.807) is 0 Å². The molecule has 20 heavy (non-hydrogen) atoms. The quantitative estimate of drug-likeness (QED) is 0.848. The minimum atomic E-state index is -0.401. The van der Waals surface area contributed by atoms with E-state index in [-0.39, 0.29) is 24.9 Å². The predicted molar refractivity (Wildman–Crippen MR) is 84.6 cm³/mol. The minimum Gasteiger partial charge on any atom is -0.484 e. The highest BCUT2D eigenvalue weighted by Gasteiger charge is 2.18. The summed E-state index contributed by atoms with van der Waals surface area (Å²) < 4.78 is 5.44. The van der Waals surface area contributed by atoms with Crippen molar-refractivity contribution < 1.29 is 9.53 Å². The van der Waals surface area contributed by atoms with Crippen LogP contribution in [0, 0.1) is 0 Å². The Hall–Kier alpha value is -1.26. The van der Waals surface area contributed by atoms with Gasteiger partial charge >= 0.3 is 0 Å². The van der Waals surface area contributed by atoms with Gasteiger partial charge in [0.05, 0.1) is 0 Å². The minimum absolute atomic E-state index is 0. The zero-order valence-corrected chi connectivity index (χ0v) is 13.4. The van der Waals surface area contributed by atoms with Crippen molar-refractivity contribution in [3.63, 3.8) is 0 Å². The Bertz CT molecular complexity index is 416. The van der Waals surface area contributed by atoms with Gasteiger partial charge in [-0.2, -0.15) is 0 Å². The summed E-state index contributed by atoms with van der Waals surface area (Å²) >= 11 is 0. The number of nitrogens with two attached hydrogens (primary N) is 1. The van der Waals surface area contributed by atoms with E-state index in [1.165, 1.54) is 5.56 Å². The fourth-order valence-corrected chi connectivity index (χ4v) is 1.56. The van der Waals surface area contributed by atoms with Gasteiger partial charge < -0.3 is 15.8 Å². The Balaban J connectivity index is 0.00000361. The molecule has 5 heteroatoms. The summed E-state index contributed by atoms with van der Waals surface area (Å²) in [5.74, 6) is 1.02. The average molecular weight is 301 g/mol. The van der Waals surface area contributed by atoms with Crippen molar-refractivity contribution in [2.75, 3.05) is 13.2 Å². The van der Waals surface area contributed by atoms with Crippen LogP contribution in [0.1, 0.15) is 39.2 Å². The molecule has 0 aromatic heterocycles. The highest BCUT2D eigenvalue weighted by molar-refractivity contribution is 5.85. The van der Waals surface area contributed by atoms with Crippen LogP contribution >= 0.6 is 12.4 Å². The molecule has 114 valence electrons. The van der Waals surface area contributed by atoms with E-state index in [0.29, 0.717) is 18.2 Å². The van der Waals surface area contributed by atoms with Crippen molar-refractivity contribution in [3.05, 3.63) is 29.8 Å². The van der Waals surface area contributed by atoms with Crippen molar-refractivity contribution in [2.45, 2.75) is 39.2 Å². The van der Waals surface area contributed by atoms with E-state index in [2.05, 4.69) is 19.2 Å². The third-order valence-corrected chi connectivity index (χ3v) is 2.90. The first-order valence-electron chi connectivity index (χ1n) is 6.58. The second-order valence-corrected chi connectivity index (χ2v) is 5.65. The molecule has 0 saturated carbocycles. The average Bonchev–Trinajstić information content (AvgIpc) is 2.36. The standard InChI is InChI=1S/C15H24N2O2.ClH/c1-11(2)12-5-7-13(8-6-12)19-9-14(18)17-15(3,4)10-16;/h5-8,11H,9-10,16H2,1-4H3,(H,17,18);1H. The summed E-state index contributed by atoms with van der Waals surface area (Å²) in [6.45, 7) is 8.42. The number of hydrogen-bond acceptors (Lipinski definition) is 3. The molecule has 0 aliphatic rings. The number of carbonyl (C=O) groups excluding carboxylic acids is 1. The molecule has 0 aliphatic carbocycles. The molecule has 1 aromatic carbocycles. The summed E-state index contributed by atoms with van der Waals surface area (Å²) in [6.07, 6.45) is 0. The van der Waals surface area contributed by atoms with Gasteiger partial charge in [0.1, 0.15) is 5.75 Å². The van der Waals surface area contributed by atoms with Crippen molar-refractivity contribution in [3.8, 4) is 5.75 Å². The van der Waals surface area contributed by atoms with Gasteiger partial charge in [-0.1, -0.05) is 26.0 Å². The molecule has 1 aromatic rings. The largest absolute Gasteiger partial charge is 0.484 e. The molecule has 0 radical (unpaired) electrons. The lowest BCUT2D eigenvalue weighted by atomic mass is 10.0. The first kappa shape index (κ1) is 18.7. The van der Waals surface area contributed by atoms with Crippen LogP contribution in [0.2, 0.25) is 0 Å². The first-order chi connectivity index (χ1) is 8.84. The maximum absolute atomic E-state index is 11.7. The van der Waals surface area contributed by atoms with Gasteiger partial charge in [0.25, 0.3) is 5.91 Å². The molecule has 4 nitrogen and oxygen atoms in total. The van der Waals surface area contributed by atoms with Crippen LogP contribution in [-0.2, 0) is 4.79 Å². The maximum Gasteiger partial charge on any atom is 0.258 e. The van der Waals surface area contributed by atoms with Gasteiger partial charge in [-0.05, 0) is 37.5 Å². The number of rotatable bonds is 6. The van der Waals surface area contributed by atoms with E-state index in [9.17, 15) is 4.79 Å². The molecule has 0 atom stereocenters. The van der Waals surface area contributed by atoms with Crippen LogP contribution in [0.15, 0.2) is 24.3 Å². The van der Waals surface area contributed by atoms with Crippen LogP contribution in [-0.4, -0.2) is 24.6 Å². The predicted octanol–water partition coefficient (Wildman–Crippen LogP) is 2.46. The lowest BCUT2D eigenvalue weighted by molar-refractivity contribution is -0.124. The fourth-order valence-electron chi connectivity index (χ4n) is 1.56. The van der Waals surface area contributed by atoms with Crippen molar-refractivity contribution >= 4 is 18.3 Å². The highest BCUT2D eigenvalue weighted by atomic mass is 35.5. The smallest absolute Gasteiger partial charge is 0.258 e. The van der Waals surface area contributed by atoms with E-state index in [0.717, 1.165) is 0 Å². The Morgan fingerprint density at radius 2 is 1.85 bits per heavy atom. The van der Waals surface area contributed by atoms with Gasteiger partial charge in [0, 0.05) is 12.1 Å². The van der Waals surface area contributed by atoms with Gasteiger partial charge in [-0.15, -0.1) is 12.4 Å². The first-order valence-corrected chi connectivity index (χ1v) is 6.58. The lowest BCUT2D eigenvalue weighted by Gasteiger charge is -2.24. The normalized spacial score (nSPS) is 10.9. The molecule has 0 unspecified atom stereocenters. The van der Waals surface area contributed by atoms with E-state index < -0.39 is 5.54 Å². The molecule has 1 rings (SSSR count). The monoisotopic (exact) mass is 300 g/mol. The number of nitrogens with one attached hydrogen (secondary N) is 1. The van der Waals surface area contributed by atoms with Crippen molar-refractivity contribution in [1.29, 1.82) is 0 Å². The molecule has 3 N–H and O–H groups in total. The Kier molecular flexibility index (Phi) is 7.61. The number of amides is 1. The fraction of sp³-hybridized carbons (Fsp3) is 0.533. The van der Waals surface area contributed by atoms with Crippen LogP contribution in [0.25, 0.3) is 0 Å². The summed E-state index contributed by atoms with van der Waals surface area (Å²) in [6, 6.07) is 7.80. The van der Waals surface area contributed by atoms with Gasteiger partial charge in [0.15, 0.2) is 6.61 Å². The number of hydrogen-bond donors (Lipinski definition) is 2. The highest BCUT2D eigenvalue weighted by Crippen LogP contribution is 2.18. The molecule has 1 amide bonds. The van der Waals surface area contributed by atoms with E-state index in [1.807, 2.05) is 38.1 Å². The molecular weight excluding hydrogens is 276 g/mol. The van der Waals surface area contributed by atoms with Crippen LogP contribution in [0.5, 0.6) is 5.75 Å². The molecule has 0 fully saturated rings. The summed E-state index contributed by atoms with van der Waals surface area (Å²) in [7, 11) is 0. The molecule has 0 heterocycles.